The van der Waals surface area contributed by atoms with Crippen LogP contribution in [-0.4, -0.2) is 9.55 Å². The number of fused-ring (bicyclic) bond motifs is 1. The second-order valence-corrected chi connectivity index (χ2v) is 6.02. The number of hydrogen-bond acceptors (Lipinski definition) is 3. The van der Waals surface area contributed by atoms with Gasteiger partial charge in [-0.1, -0.05) is 29.8 Å². The lowest BCUT2D eigenvalue weighted by Gasteiger charge is -2.13. The molecule has 0 unspecified atom stereocenters. The first-order valence-electron chi connectivity index (χ1n) is 7.22. The molecule has 1 aliphatic carbocycles. The molecule has 2 aromatic carbocycles. The fourth-order valence-corrected chi connectivity index (χ4v) is 3.02. The maximum absolute atomic E-state index is 12.4. The first-order valence-corrected chi connectivity index (χ1v) is 7.60. The highest BCUT2D eigenvalue weighted by molar-refractivity contribution is 6.32. The second kappa shape index (κ2) is 4.85. The van der Waals surface area contributed by atoms with Crippen LogP contribution in [-0.2, 0) is 0 Å². The summed E-state index contributed by atoms with van der Waals surface area (Å²) in [4.78, 5) is 16.4. The van der Waals surface area contributed by atoms with Crippen molar-refractivity contribution in [3.63, 3.8) is 0 Å². The lowest BCUT2D eigenvalue weighted by molar-refractivity contribution is 0.961. The van der Waals surface area contributed by atoms with E-state index in [0.29, 0.717) is 16.6 Å². The molecule has 0 bridgehead atoms. The van der Waals surface area contributed by atoms with E-state index in [4.69, 9.17) is 17.3 Å². The van der Waals surface area contributed by atoms with Gasteiger partial charge >= 0.3 is 5.69 Å². The standard InChI is InChI=1S/C17H14ClN3O/c18-13-3-1-2-4-14(13)21-15-9-11(10-5-6-10)7-8-12(15)16(19)20-17(21)22/h1-4,7-10H,5-6H2,(H2,19,20,22). The van der Waals surface area contributed by atoms with Crippen molar-refractivity contribution in [2.24, 2.45) is 0 Å². The number of nitrogen functional groups attached to an aromatic ring is 1. The SMILES string of the molecule is Nc1nc(=O)n(-c2ccccc2Cl)c2cc(C3CC3)ccc12. The summed E-state index contributed by atoms with van der Waals surface area (Å²) in [5.41, 5.74) is 8.13. The van der Waals surface area contributed by atoms with Gasteiger partial charge in [0.25, 0.3) is 0 Å². The van der Waals surface area contributed by atoms with E-state index < -0.39 is 5.69 Å². The quantitative estimate of drug-likeness (QED) is 0.788. The van der Waals surface area contributed by atoms with Crippen LogP contribution in [0.3, 0.4) is 0 Å². The van der Waals surface area contributed by atoms with Crippen molar-refractivity contribution in [2.75, 3.05) is 5.73 Å². The lowest BCUT2D eigenvalue weighted by atomic mass is 10.1. The number of nitrogens with zero attached hydrogens (tertiary/aromatic N) is 2. The van der Waals surface area contributed by atoms with Crippen LogP contribution in [0.25, 0.3) is 16.6 Å². The summed E-state index contributed by atoms with van der Waals surface area (Å²) < 4.78 is 1.54. The molecule has 1 fully saturated rings. The van der Waals surface area contributed by atoms with E-state index in [1.54, 1.807) is 10.6 Å². The van der Waals surface area contributed by atoms with Crippen molar-refractivity contribution in [3.8, 4) is 5.69 Å². The Labute approximate surface area is 132 Å². The molecule has 0 aliphatic heterocycles. The molecule has 22 heavy (non-hydrogen) atoms. The molecular formula is C17H14ClN3O. The minimum Gasteiger partial charge on any atom is -0.383 e. The molecule has 0 radical (unpaired) electrons. The predicted molar refractivity (Wildman–Crippen MR) is 88.7 cm³/mol. The monoisotopic (exact) mass is 311 g/mol. The topological polar surface area (TPSA) is 60.9 Å². The highest BCUT2D eigenvalue weighted by Gasteiger charge is 2.24. The summed E-state index contributed by atoms with van der Waals surface area (Å²) in [6.45, 7) is 0. The van der Waals surface area contributed by atoms with Crippen molar-refractivity contribution in [1.82, 2.24) is 9.55 Å². The van der Waals surface area contributed by atoms with Crippen LogP contribution < -0.4 is 11.4 Å². The van der Waals surface area contributed by atoms with E-state index >= 15 is 0 Å². The number of aromatic nitrogens is 2. The van der Waals surface area contributed by atoms with Crippen LogP contribution in [0.4, 0.5) is 5.82 Å². The van der Waals surface area contributed by atoms with Crippen LogP contribution in [0.2, 0.25) is 5.02 Å². The Kier molecular flexibility index (Phi) is 2.94. The maximum Gasteiger partial charge on any atom is 0.354 e. The first kappa shape index (κ1) is 13.3. The molecular weight excluding hydrogens is 298 g/mol. The number of hydrogen-bond donors (Lipinski definition) is 1. The third-order valence-corrected chi connectivity index (χ3v) is 4.41. The normalized spacial score (nSPS) is 14.4. The zero-order valence-corrected chi connectivity index (χ0v) is 12.5. The molecule has 0 spiro atoms. The molecule has 1 aliphatic rings. The van der Waals surface area contributed by atoms with E-state index in [0.717, 1.165) is 10.9 Å². The number of rotatable bonds is 2. The molecule has 110 valence electrons. The van der Waals surface area contributed by atoms with E-state index in [1.807, 2.05) is 30.3 Å². The molecule has 0 saturated heterocycles. The highest BCUT2D eigenvalue weighted by Crippen LogP contribution is 2.41. The van der Waals surface area contributed by atoms with Crippen molar-refractivity contribution in [1.29, 1.82) is 0 Å². The van der Waals surface area contributed by atoms with Gasteiger partial charge in [-0.15, -0.1) is 0 Å². The van der Waals surface area contributed by atoms with Gasteiger partial charge in [-0.05, 0) is 48.6 Å². The predicted octanol–water partition coefficient (Wildman–Crippen LogP) is 3.50. The average molecular weight is 312 g/mol. The van der Waals surface area contributed by atoms with Crippen LogP contribution in [0.15, 0.2) is 47.3 Å². The Morgan fingerprint density at radius 2 is 1.95 bits per heavy atom. The molecule has 2 N–H and O–H groups in total. The van der Waals surface area contributed by atoms with Crippen LogP contribution in [0.5, 0.6) is 0 Å². The van der Waals surface area contributed by atoms with Gasteiger partial charge in [0.15, 0.2) is 0 Å². The number of halogens is 1. The summed E-state index contributed by atoms with van der Waals surface area (Å²) >= 11 is 6.27. The third kappa shape index (κ3) is 2.07. The Morgan fingerprint density at radius 1 is 1.18 bits per heavy atom. The van der Waals surface area contributed by atoms with Gasteiger partial charge in [0, 0.05) is 5.39 Å². The Bertz CT molecular complexity index is 944. The number of benzene rings is 2. The number of para-hydroxylation sites is 1. The summed E-state index contributed by atoms with van der Waals surface area (Å²) in [5.74, 6) is 0.847. The summed E-state index contributed by atoms with van der Waals surface area (Å²) in [7, 11) is 0. The molecule has 0 atom stereocenters. The minimum absolute atomic E-state index is 0.255. The summed E-state index contributed by atoms with van der Waals surface area (Å²) in [6.07, 6.45) is 2.39. The largest absolute Gasteiger partial charge is 0.383 e. The first-order chi connectivity index (χ1) is 10.6. The second-order valence-electron chi connectivity index (χ2n) is 5.62. The van der Waals surface area contributed by atoms with E-state index in [-0.39, 0.29) is 5.82 Å². The minimum atomic E-state index is -0.411. The zero-order valence-electron chi connectivity index (χ0n) is 11.8. The van der Waals surface area contributed by atoms with E-state index in [1.165, 1.54) is 18.4 Å². The van der Waals surface area contributed by atoms with E-state index in [2.05, 4.69) is 11.1 Å². The van der Waals surface area contributed by atoms with Gasteiger partial charge in [0.05, 0.1) is 16.2 Å². The van der Waals surface area contributed by atoms with Gasteiger partial charge in [0.1, 0.15) is 5.82 Å². The molecule has 0 amide bonds. The molecule has 4 rings (SSSR count). The maximum atomic E-state index is 12.4. The van der Waals surface area contributed by atoms with Crippen LogP contribution in [0.1, 0.15) is 24.3 Å². The zero-order chi connectivity index (χ0) is 15.3. The fourth-order valence-electron chi connectivity index (χ4n) is 2.80. The Morgan fingerprint density at radius 3 is 2.68 bits per heavy atom. The van der Waals surface area contributed by atoms with Crippen molar-refractivity contribution in [2.45, 2.75) is 18.8 Å². The van der Waals surface area contributed by atoms with Crippen molar-refractivity contribution >= 4 is 28.3 Å². The summed E-state index contributed by atoms with van der Waals surface area (Å²) in [5, 5.41) is 1.28. The fraction of sp³-hybridized carbons (Fsp3) is 0.176. The van der Waals surface area contributed by atoms with Gasteiger partial charge in [-0.2, -0.15) is 4.98 Å². The Hall–Kier alpha value is -2.33. The van der Waals surface area contributed by atoms with Gasteiger partial charge in [-0.25, -0.2) is 4.79 Å². The number of nitrogens with two attached hydrogens (primary N) is 1. The van der Waals surface area contributed by atoms with Crippen molar-refractivity contribution in [3.05, 3.63) is 63.5 Å². The van der Waals surface area contributed by atoms with Crippen LogP contribution in [0, 0.1) is 0 Å². The summed E-state index contributed by atoms with van der Waals surface area (Å²) in [6, 6.07) is 13.3. The lowest BCUT2D eigenvalue weighted by Crippen LogP contribution is -2.23. The molecule has 1 aromatic heterocycles. The van der Waals surface area contributed by atoms with E-state index in [9.17, 15) is 4.79 Å². The van der Waals surface area contributed by atoms with Gasteiger partial charge < -0.3 is 5.73 Å². The van der Waals surface area contributed by atoms with Gasteiger partial charge in [-0.3, -0.25) is 4.57 Å². The molecule has 3 aromatic rings. The number of anilines is 1. The molecule has 1 heterocycles. The van der Waals surface area contributed by atoms with Gasteiger partial charge in [0.2, 0.25) is 0 Å². The van der Waals surface area contributed by atoms with Crippen LogP contribution >= 0.6 is 11.6 Å². The highest BCUT2D eigenvalue weighted by atomic mass is 35.5. The third-order valence-electron chi connectivity index (χ3n) is 4.09. The average Bonchev–Trinajstić information content (AvgIpc) is 3.33. The molecule has 4 nitrogen and oxygen atoms in total. The smallest absolute Gasteiger partial charge is 0.354 e. The molecule has 5 heteroatoms. The molecule has 1 saturated carbocycles. The Balaban J connectivity index is 2.10. The van der Waals surface area contributed by atoms with Crippen molar-refractivity contribution < 1.29 is 0 Å².